The molecule has 0 atom stereocenters. The van der Waals surface area contributed by atoms with Crippen molar-refractivity contribution in [3.05, 3.63) is 80.4 Å². The second-order valence-electron chi connectivity index (χ2n) is 8.06. The van der Waals surface area contributed by atoms with Crippen molar-refractivity contribution in [1.82, 2.24) is 0 Å². The molecule has 0 amide bonds. The SMILES string of the molecule is COc1cc2c(cc1OCc1ccccc1)N(CCc1cc3c(cc1I)COCO3)CC2. The molecule has 5 rings (SSSR count). The van der Waals surface area contributed by atoms with Crippen LogP contribution in [0.2, 0.25) is 0 Å². The van der Waals surface area contributed by atoms with Crippen LogP contribution in [-0.2, 0) is 30.8 Å². The number of ether oxygens (including phenoxy) is 4. The van der Waals surface area contributed by atoms with E-state index in [4.69, 9.17) is 18.9 Å². The highest BCUT2D eigenvalue weighted by Crippen LogP contribution is 2.39. The maximum Gasteiger partial charge on any atom is 0.189 e. The number of rotatable bonds is 7. The quantitative estimate of drug-likeness (QED) is 0.376. The zero-order chi connectivity index (χ0) is 21.9. The maximum absolute atomic E-state index is 6.15. The summed E-state index contributed by atoms with van der Waals surface area (Å²) in [4.78, 5) is 2.45. The summed E-state index contributed by atoms with van der Waals surface area (Å²) >= 11 is 2.42. The molecule has 0 radical (unpaired) electrons. The van der Waals surface area contributed by atoms with Gasteiger partial charge in [0.1, 0.15) is 12.4 Å². The van der Waals surface area contributed by atoms with Crippen molar-refractivity contribution in [3.8, 4) is 17.2 Å². The van der Waals surface area contributed by atoms with Crippen LogP contribution in [0.15, 0.2) is 54.6 Å². The molecule has 3 aromatic carbocycles. The minimum Gasteiger partial charge on any atom is -0.493 e. The zero-order valence-corrected chi connectivity index (χ0v) is 20.3. The smallest absolute Gasteiger partial charge is 0.189 e. The van der Waals surface area contributed by atoms with Crippen LogP contribution in [0.5, 0.6) is 17.2 Å². The summed E-state index contributed by atoms with van der Waals surface area (Å²) in [5.74, 6) is 2.54. The Kier molecular flexibility index (Phi) is 6.41. The zero-order valence-electron chi connectivity index (χ0n) is 18.1. The molecule has 0 bridgehead atoms. The molecule has 2 heterocycles. The second kappa shape index (κ2) is 9.58. The Morgan fingerprint density at radius 2 is 1.91 bits per heavy atom. The lowest BCUT2D eigenvalue weighted by atomic mass is 10.1. The van der Waals surface area contributed by atoms with E-state index in [0.29, 0.717) is 20.0 Å². The second-order valence-corrected chi connectivity index (χ2v) is 9.22. The molecule has 0 spiro atoms. The summed E-state index contributed by atoms with van der Waals surface area (Å²) in [7, 11) is 1.70. The highest BCUT2D eigenvalue weighted by atomic mass is 127. The maximum atomic E-state index is 6.15. The third kappa shape index (κ3) is 4.52. The van der Waals surface area contributed by atoms with Crippen molar-refractivity contribution in [2.45, 2.75) is 26.1 Å². The number of nitrogens with zero attached hydrogens (tertiary/aromatic N) is 1. The average Bonchev–Trinajstić information content (AvgIpc) is 3.23. The summed E-state index contributed by atoms with van der Waals surface area (Å²) < 4.78 is 24.1. The van der Waals surface area contributed by atoms with Crippen molar-refractivity contribution in [2.24, 2.45) is 0 Å². The summed E-state index contributed by atoms with van der Waals surface area (Å²) in [6.45, 7) is 3.43. The lowest BCUT2D eigenvalue weighted by Crippen LogP contribution is -2.23. The van der Waals surface area contributed by atoms with Crippen LogP contribution in [0.1, 0.15) is 22.3 Å². The molecule has 5 nitrogen and oxygen atoms in total. The fraction of sp³-hybridized carbons (Fsp3) is 0.308. The number of hydrogen-bond donors (Lipinski definition) is 0. The van der Waals surface area contributed by atoms with E-state index in [1.54, 1.807) is 7.11 Å². The molecule has 0 unspecified atom stereocenters. The highest BCUT2D eigenvalue weighted by Gasteiger charge is 2.23. The van der Waals surface area contributed by atoms with Gasteiger partial charge in [0.15, 0.2) is 18.3 Å². The van der Waals surface area contributed by atoms with Crippen molar-refractivity contribution in [2.75, 3.05) is 31.9 Å². The van der Waals surface area contributed by atoms with Gasteiger partial charge in [-0.3, -0.25) is 0 Å². The van der Waals surface area contributed by atoms with Gasteiger partial charge in [-0.15, -0.1) is 0 Å². The summed E-state index contributed by atoms with van der Waals surface area (Å²) in [6, 6.07) is 18.8. The third-order valence-corrected chi connectivity index (χ3v) is 7.03. The van der Waals surface area contributed by atoms with Crippen molar-refractivity contribution in [1.29, 1.82) is 0 Å². The summed E-state index contributed by atoms with van der Waals surface area (Å²) in [5, 5.41) is 0. The van der Waals surface area contributed by atoms with Crippen LogP contribution in [0.25, 0.3) is 0 Å². The molecule has 0 N–H and O–H groups in total. The van der Waals surface area contributed by atoms with Gasteiger partial charge in [0.25, 0.3) is 0 Å². The van der Waals surface area contributed by atoms with Gasteiger partial charge in [0.05, 0.1) is 13.7 Å². The van der Waals surface area contributed by atoms with E-state index in [1.807, 2.05) is 18.2 Å². The molecule has 2 aliphatic rings. The van der Waals surface area contributed by atoms with Crippen LogP contribution in [0.3, 0.4) is 0 Å². The normalized spacial score (nSPS) is 14.5. The lowest BCUT2D eigenvalue weighted by Gasteiger charge is -2.23. The first-order valence-corrected chi connectivity index (χ1v) is 11.9. The van der Waals surface area contributed by atoms with E-state index in [9.17, 15) is 0 Å². The molecule has 0 saturated heterocycles. The topological polar surface area (TPSA) is 40.2 Å². The predicted molar refractivity (Wildman–Crippen MR) is 133 cm³/mol. The molecular formula is C26H26INO4. The van der Waals surface area contributed by atoms with Gasteiger partial charge in [-0.1, -0.05) is 30.3 Å². The van der Waals surface area contributed by atoms with Gasteiger partial charge in [0, 0.05) is 34.0 Å². The first kappa shape index (κ1) is 21.4. The van der Waals surface area contributed by atoms with Crippen LogP contribution >= 0.6 is 22.6 Å². The molecule has 166 valence electrons. The number of hydrogen-bond acceptors (Lipinski definition) is 5. The van der Waals surface area contributed by atoms with Crippen molar-refractivity contribution in [3.63, 3.8) is 0 Å². The standard InChI is InChI=1S/C26H26INO4/c1-29-25-13-20-8-10-28(23(20)14-26(25)31-15-18-5-3-2-4-6-18)9-7-19-12-24-21(11-22(19)27)16-30-17-32-24/h2-6,11-14H,7-10,15-17H2,1H3. The van der Waals surface area contributed by atoms with Gasteiger partial charge in [-0.2, -0.15) is 0 Å². The van der Waals surface area contributed by atoms with E-state index in [2.05, 4.69) is 63.9 Å². The van der Waals surface area contributed by atoms with Gasteiger partial charge in [-0.05, 0) is 70.3 Å². The Bertz CT molecular complexity index is 1100. The molecule has 0 saturated carbocycles. The fourth-order valence-corrected chi connectivity index (χ4v) is 5.09. The molecule has 3 aromatic rings. The molecule has 6 heteroatoms. The number of halogens is 1. The van der Waals surface area contributed by atoms with E-state index < -0.39 is 0 Å². The first-order chi connectivity index (χ1) is 15.7. The highest BCUT2D eigenvalue weighted by molar-refractivity contribution is 14.1. The van der Waals surface area contributed by atoms with Crippen LogP contribution in [0, 0.1) is 3.57 Å². The van der Waals surface area contributed by atoms with E-state index in [1.165, 1.54) is 20.4 Å². The van der Waals surface area contributed by atoms with Gasteiger partial charge < -0.3 is 23.8 Å². The van der Waals surface area contributed by atoms with E-state index >= 15 is 0 Å². The average molecular weight is 543 g/mol. The van der Waals surface area contributed by atoms with Crippen LogP contribution < -0.4 is 19.1 Å². The Morgan fingerprint density at radius 3 is 2.75 bits per heavy atom. The lowest BCUT2D eigenvalue weighted by molar-refractivity contribution is -0.0164. The predicted octanol–water partition coefficient (Wildman–Crippen LogP) is 5.35. The molecular weight excluding hydrogens is 517 g/mol. The van der Waals surface area contributed by atoms with Gasteiger partial charge >= 0.3 is 0 Å². The Hall–Kier alpha value is -2.45. The monoisotopic (exact) mass is 543 g/mol. The largest absolute Gasteiger partial charge is 0.493 e. The molecule has 0 fully saturated rings. The van der Waals surface area contributed by atoms with Gasteiger partial charge in [0.2, 0.25) is 0 Å². The van der Waals surface area contributed by atoms with E-state index in [-0.39, 0.29) is 0 Å². The van der Waals surface area contributed by atoms with Crippen LogP contribution in [-0.4, -0.2) is 27.0 Å². The first-order valence-electron chi connectivity index (χ1n) is 10.9. The molecule has 32 heavy (non-hydrogen) atoms. The number of methoxy groups -OCH3 is 1. The number of benzene rings is 3. The van der Waals surface area contributed by atoms with Crippen molar-refractivity contribution < 1.29 is 18.9 Å². The summed E-state index contributed by atoms with van der Waals surface area (Å²) in [5.41, 5.74) is 6.14. The number of anilines is 1. The Labute approximate surface area is 202 Å². The third-order valence-electron chi connectivity index (χ3n) is 6.03. The molecule has 0 aromatic heterocycles. The fourth-order valence-electron chi connectivity index (χ4n) is 4.29. The minimum absolute atomic E-state index is 0.333. The van der Waals surface area contributed by atoms with Crippen molar-refractivity contribution >= 4 is 28.3 Å². The Balaban J connectivity index is 1.32. The minimum atomic E-state index is 0.333. The molecule has 2 aliphatic heterocycles. The van der Waals surface area contributed by atoms with E-state index in [0.717, 1.165) is 54.3 Å². The van der Waals surface area contributed by atoms with Crippen LogP contribution in [0.4, 0.5) is 5.69 Å². The summed E-state index contributed by atoms with van der Waals surface area (Å²) in [6.07, 6.45) is 1.98. The Morgan fingerprint density at radius 1 is 1.03 bits per heavy atom. The number of fused-ring (bicyclic) bond motifs is 2. The van der Waals surface area contributed by atoms with Gasteiger partial charge in [-0.25, -0.2) is 0 Å². The molecule has 0 aliphatic carbocycles.